The van der Waals surface area contributed by atoms with E-state index in [0.717, 1.165) is 19.6 Å². The van der Waals surface area contributed by atoms with Crippen molar-refractivity contribution in [2.45, 2.75) is 12.6 Å². The molecule has 0 saturated carbocycles. The fraction of sp³-hybridized carbons (Fsp3) is 0.462. The molecule has 1 aliphatic heterocycles. The summed E-state index contributed by atoms with van der Waals surface area (Å²) in [7, 11) is 5.50. The van der Waals surface area contributed by atoms with Crippen LogP contribution in [0.2, 0.25) is 0 Å². The van der Waals surface area contributed by atoms with Crippen molar-refractivity contribution in [3.8, 4) is 0 Å². The first kappa shape index (κ1) is 12.3. The molecule has 1 heterocycles. The number of rotatable bonds is 3. The van der Waals surface area contributed by atoms with Gasteiger partial charge in [-0.2, -0.15) is 0 Å². The first-order chi connectivity index (χ1) is 8.28. The van der Waals surface area contributed by atoms with E-state index in [2.05, 4.69) is 17.0 Å². The zero-order valence-corrected chi connectivity index (χ0v) is 10.00. The second-order valence-electron chi connectivity index (χ2n) is 4.52. The number of benzene rings is 1. The van der Waals surface area contributed by atoms with Gasteiger partial charge in [-0.25, -0.2) is 0 Å². The van der Waals surface area contributed by atoms with Crippen LogP contribution in [0, 0.1) is 0 Å². The molecule has 1 unspecified atom stereocenters. The topological polar surface area (TPSA) is 26.7 Å². The van der Waals surface area contributed by atoms with Gasteiger partial charge >= 0.3 is 103 Å². The molecular weight excluding hydrogens is 211 g/mol. The standard InChI is InChI=1S/C13H18BN2O/c14-11-16-7-6-15(9-13(17)10-16)8-12-4-2-1-3-5-12/h1-5,11,13,17H,6-10H2. The van der Waals surface area contributed by atoms with Crippen LogP contribution in [-0.2, 0) is 6.54 Å². The minimum atomic E-state index is -0.332. The van der Waals surface area contributed by atoms with E-state index in [4.69, 9.17) is 7.49 Å². The summed E-state index contributed by atoms with van der Waals surface area (Å²) < 4.78 is 0. The van der Waals surface area contributed by atoms with Crippen LogP contribution < -0.4 is 0 Å². The summed E-state index contributed by atoms with van der Waals surface area (Å²) in [5, 5.41) is 9.88. The Labute approximate surface area is 104 Å². The number of aliphatic hydroxyl groups excluding tert-OH is 1. The van der Waals surface area contributed by atoms with E-state index in [9.17, 15) is 5.11 Å². The van der Waals surface area contributed by atoms with Crippen LogP contribution in [-0.4, -0.2) is 60.8 Å². The van der Waals surface area contributed by atoms with Gasteiger partial charge in [-0.15, -0.1) is 0 Å². The molecule has 1 radical (unpaired) electrons. The van der Waals surface area contributed by atoms with Crippen LogP contribution in [0.3, 0.4) is 0 Å². The molecule has 17 heavy (non-hydrogen) atoms. The van der Waals surface area contributed by atoms with E-state index in [-0.39, 0.29) is 6.10 Å². The predicted molar refractivity (Wildman–Crippen MR) is 71.1 cm³/mol. The van der Waals surface area contributed by atoms with Crippen molar-refractivity contribution in [2.75, 3.05) is 26.2 Å². The van der Waals surface area contributed by atoms with Gasteiger partial charge < -0.3 is 0 Å². The zero-order chi connectivity index (χ0) is 12.1. The summed E-state index contributed by atoms with van der Waals surface area (Å²) in [6.45, 7) is 4.03. The van der Waals surface area contributed by atoms with E-state index >= 15 is 0 Å². The van der Waals surface area contributed by atoms with Gasteiger partial charge in [0.25, 0.3) is 0 Å². The van der Waals surface area contributed by atoms with Crippen LogP contribution in [0.1, 0.15) is 5.56 Å². The Morgan fingerprint density at radius 1 is 1.24 bits per heavy atom. The molecule has 1 aromatic carbocycles. The first-order valence-corrected chi connectivity index (χ1v) is 6.01. The minimum absolute atomic E-state index is 0.332. The van der Waals surface area contributed by atoms with Gasteiger partial charge in [-0.1, -0.05) is 0 Å². The van der Waals surface area contributed by atoms with E-state index in [1.807, 2.05) is 23.1 Å². The average Bonchev–Trinajstić information content (AvgIpc) is 2.52. The van der Waals surface area contributed by atoms with E-state index in [0.29, 0.717) is 13.1 Å². The summed E-state index contributed by atoms with van der Waals surface area (Å²) in [5.74, 6) is 0. The van der Waals surface area contributed by atoms with Crippen LogP contribution in [0.4, 0.5) is 0 Å². The molecule has 1 aliphatic rings. The third-order valence-electron chi connectivity index (χ3n) is 3.08. The Kier molecular flexibility index (Phi) is 4.34. The Hall–Kier alpha value is -1.13. The fourth-order valence-electron chi connectivity index (χ4n) is 2.20. The summed E-state index contributed by atoms with van der Waals surface area (Å²) >= 11 is 0. The van der Waals surface area contributed by atoms with Crippen molar-refractivity contribution in [3.63, 3.8) is 0 Å². The Bertz CT molecular complexity index is 358. The molecule has 0 aromatic heterocycles. The molecule has 0 bridgehead atoms. The summed E-state index contributed by atoms with van der Waals surface area (Å²) in [5.41, 5.74) is 1.28. The molecule has 2 rings (SSSR count). The SMILES string of the molecule is [B]=CN1CCN(Cc2ccccc2)CC(O)C1. The quantitative estimate of drug-likeness (QED) is 0.744. The van der Waals surface area contributed by atoms with E-state index in [1.54, 1.807) is 6.09 Å². The second-order valence-corrected chi connectivity index (χ2v) is 4.52. The molecule has 1 fully saturated rings. The second kappa shape index (κ2) is 5.98. The van der Waals surface area contributed by atoms with Crippen molar-refractivity contribution in [3.05, 3.63) is 35.9 Å². The number of β-amino-alcohol motifs (C(OH)–C–C–N with tert-alkyl or cyclic N) is 1. The molecule has 3 nitrogen and oxygen atoms in total. The molecule has 1 atom stereocenters. The third kappa shape index (κ3) is 3.68. The van der Waals surface area contributed by atoms with Crippen LogP contribution in [0.5, 0.6) is 0 Å². The number of aliphatic hydroxyl groups is 1. The third-order valence-corrected chi connectivity index (χ3v) is 3.08. The predicted octanol–water partition coefficient (Wildman–Crippen LogP) is 0.0933. The van der Waals surface area contributed by atoms with Crippen molar-refractivity contribution in [1.82, 2.24) is 9.80 Å². The summed E-state index contributed by atoms with van der Waals surface area (Å²) in [6, 6.07) is 10.3. The molecule has 0 aliphatic carbocycles. The van der Waals surface area contributed by atoms with Gasteiger partial charge in [0.05, 0.1) is 0 Å². The summed E-state index contributed by atoms with van der Waals surface area (Å²) in [6.07, 6.45) is 1.23. The van der Waals surface area contributed by atoms with Gasteiger partial charge in [-0.3, -0.25) is 0 Å². The molecule has 1 N–H and O–H groups in total. The van der Waals surface area contributed by atoms with E-state index < -0.39 is 0 Å². The van der Waals surface area contributed by atoms with Gasteiger partial charge in [-0.05, 0) is 0 Å². The van der Waals surface area contributed by atoms with Crippen molar-refractivity contribution < 1.29 is 5.11 Å². The summed E-state index contributed by atoms with van der Waals surface area (Å²) in [4.78, 5) is 4.24. The molecular formula is C13H18BN2O. The molecule has 1 aromatic rings. The van der Waals surface area contributed by atoms with Gasteiger partial charge in [0, 0.05) is 0 Å². The van der Waals surface area contributed by atoms with Crippen molar-refractivity contribution in [2.24, 2.45) is 0 Å². The Morgan fingerprint density at radius 2 is 2.00 bits per heavy atom. The average molecular weight is 229 g/mol. The number of hydrogen-bond donors (Lipinski definition) is 1. The molecule has 0 amide bonds. The maximum atomic E-state index is 9.88. The molecule has 4 heteroatoms. The molecule has 89 valence electrons. The van der Waals surface area contributed by atoms with Crippen LogP contribution >= 0.6 is 0 Å². The van der Waals surface area contributed by atoms with Crippen molar-refractivity contribution in [1.29, 1.82) is 0 Å². The normalized spacial score (nSPS) is 22.1. The van der Waals surface area contributed by atoms with Gasteiger partial charge in [0.2, 0.25) is 0 Å². The molecule has 0 spiro atoms. The van der Waals surface area contributed by atoms with Crippen LogP contribution in [0.15, 0.2) is 30.3 Å². The molecule has 1 saturated heterocycles. The Balaban J connectivity index is 1.95. The van der Waals surface area contributed by atoms with Gasteiger partial charge in [0.1, 0.15) is 0 Å². The first-order valence-electron chi connectivity index (χ1n) is 6.01. The van der Waals surface area contributed by atoms with E-state index in [1.165, 1.54) is 5.56 Å². The van der Waals surface area contributed by atoms with Crippen molar-refractivity contribution >= 4 is 13.6 Å². The monoisotopic (exact) mass is 229 g/mol. The Morgan fingerprint density at radius 3 is 2.71 bits per heavy atom. The fourth-order valence-corrected chi connectivity index (χ4v) is 2.20. The maximum absolute atomic E-state index is 9.88. The van der Waals surface area contributed by atoms with Gasteiger partial charge in [0.15, 0.2) is 0 Å². The number of hydrogen-bond acceptors (Lipinski definition) is 3. The number of nitrogens with zero attached hydrogens (tertiary/aromatic N) is 2. The van der Waals surface area contributed by atoms with Crippen LogP contribution in [0.25, 0.3) is 0 Å². The zero-order valence-electron chi connectivity index (χ0n) is 10.00.